The summed E-state index contributed by atoms with van der Waals surface area (Å²) in [4.78, 5) is -0.357. The lowest BCUT2D eigenvalue weighted by molar-refractivity contribution is 0.309. The number of sulfonamides is 1. The second-order valence-corrected chi connectivity index (χ2v) is 6.58. The Morgan fingerprint density at radius 2 is 2.16 bits per heavy atom. The van der Waals surface area contributed by atoms with Gasteiger partial charge in [0.1, 0.15) is 4.90 Å². The van der Waals surface area contributed by atoms with Crippen LogP contribution in [0.5, 0.6) is 0 Å². The molecule has 1 heterocycles. The highest BCUT2D eigenvalue weighted by atomic mass is 35.5. The molecular formula is C11H15Cl2FN2O2S. The van der Waals surface area contributed by atoms with E-state index in [0.29, 0.717) is 19.6 Å². The molecular weight excluding hydrogens is 314 g/mol. The number of nitrogens with one attached hydrogen (secondary N) is 1. The summed E-state index contributed by atoms with van der Waals surface area (Å²) in [7, 11) is -3.81. The number of hydrogen-bond acceptors (Lipinski definition) is 3. The van der Waals surface area contributed by atoms with Crippen molar-refractivity contribution in [2.75, 3.05) is 19.6 Å². The van der Waals surface area contributed by atoms with Crippen LogP contribution in [0.25, 0.3) is 0 Å². The smallest absolute Gasteiger partial charge is 0.246 e. The molecule has 1 fully saturated rings. The number of rotatable bonds is 2. The van der Waals surface area contributed by atoms with E-state index in [0.717, 1.165) is 0 Å². The molecule has 108 valence electrons. The Labute approximate surface area is 123 Å². The lowest BCUT2D eigenvalue weighted by atomic mass is 10.3. The highest BCUT2D eigenvalue weighted by Crippen LogP contribution is 2.25. The average Bonchev–Trinajstić information content (AvgIpc) is 2.32. The first-order chi connectivity index (χ1) is 8.43. The highest BCUT2D eigenvalue weighted by molar-refractivity contribution is 7.89. The quantitative estimate of drug-likeness (QED) is 0.901. The second-order valence-electron chi connectivity index (χ2n) is 4.27. The summed E-state index contributed by atoms with van der Waals surface area (Å²) in [6.07, 6.45) is 0. The minimum Gasteiger partial charge on any atom is -0.312 e. The molecule has 19 heavy (non-hydrogen) atoms. The SMILES string of the molecule is CC1CN(S(=O)(=O)c2cccc(Cl)c2F)CCN1.Cl. The fourth-order valence-corrected chi connectivity index (χ4v) is 3.78. The van der Waals surface area contributed by atoms with Gasteiger partial charge in [-0.3, -0.25) is 0 Å². The van der Waals surface area contributed by atoms with Gasteiger partial charge in [-0.25, -0.2) is 12.8 Å². The van der Waals surface area contributed by atoms with E-state index in [1.54, 1.807) is 0 Å². The molecule has 0 radical (unpaired) electrons. The molecule has 4 nitrogen and oxygen atoms in total. The Kier molecular flexibility index (Phi) is 5.58. The molecule has 1 atom stereocenters. The molecule has 8 heteroatoms. The van der Waals surface area contributed by atoms with Crippen LogP contribution < -0.4 is 5.32 Å². The van der Waals surface area contributed by atoms with Gasteiger partial charge in [-0.1, -0.05) is 17.7 Å². The first-order valence-electron chi connectivity index (χ1n) is 5.60. The van der Waals surface area contributed by atoms with Gasteiger partial charge in [0.15, 0.2) is 5.82 Å². The highest BCUT2D eigenvalue weighted by Gasteiger charge is 2.31. The van der Waals surface area contributed by atoms with Gasteiger partial charge in [-0.15, -0.1) is 12.4 Å². The summed E-state index contributed by atoms with van der Waals surface area (Å²) in [6.45, 7) is 3.10. The molecule has 1 unspecified atom stereocenters. The molecule has 1 N–H and O–H groups in total. The lowest BCUT2D eigenvalue weighted by Gasteiger charge is -2.31. The third-order valence-corrected chi connectivity index (χ3v) is 5.04. The van der Waals surface area contributed by atoms with Crippen LogP contribution in [-0.2, 0) is 10.0 Å². The van der Waals surface area contributed by atoms with Crippen LogP contribution in [0.2, 0.25) is 5.02 Å². The maximum Gasteiger partial charge on any atom is 0.246 e. The number of benzene rings is 1. The van der Waals surface area contributed by atoms with Gasteiger partial charge in [0.25, 0.3) is 0 Å². The van der Waals surface area contributed by atoms with Crippen molar-refractivity contribution in [2.24, 2.45) is 0 Å². The molecule has 0 spiro atoms. The topological polar surface area (TPSA) is 49.4 Å². The molecule has 0 amide bonds. The number of halogens is 3. The van der Waals surface area contributed by atoms with Crippen LogP contribution in [0.3, 0.4) is 0 Å². The summed E-state index contributed by atoms with van der Waals surface area (Å²) >= 11 is 5.62. The number of hydrogen-bond donors (Lipinski definition) is 1. The normalized spacial score (nSPS) is 20.9. The third-order valence-electron chi connectivity index (χ3n) is 2.87. The molecule has 0 bridgehead atoms. The van der Waals surface area contributed by atoms with E-state index < -0.39 is 15.8 Å². The van der Waals surface area contributed by atoms with E-state index in [2.05, 4.69) is 5.32 Å². The van der Waals surface area contributed by atoms with Crippen molar-refractivity contribution in [3.05, 3.63) is 29.0 Å². The Balaban J connectivity index is 0.00000180. The zero-order valence-electron chi connectivity index (χ0n) is 10.3. The fourth-order valence-electron chi connectivity index (χ4n) is 1.94. The molecule has 1 aromatic carbocycles. The van der Waals surface area contributed by atoms with Crippen molar-refractivity contribution in [2.45, 2.75) is 17.9 Å². The third kappa shape index (κ3) is 3.38. The number of nitrogens with zero attached hydrogens (tertiary/aromatic N) is 1. The predicted octanol–water partition coefficient (Wildman–Crippen LogP) is 1.88. The Hall–Kier alpha value is -0.400. The summed E-state index contributed by atoms with van der Waals surface area (Å²) < 4.78 is 39.7. The Morgan fingerprint density at radius 3 is 2.79 bits per heavy atom. The van der Waals surface area contributed by atoms with Crippen LogP contribution >= 0.6 is 24.0 Å². The zero-order chi connectivity index (χ0) is 13.3. The van der Waals surface area contributed by atoms with Gasteiger partial charge < -0.3 is 5.32 Å². The van der Waals surface area contributed by atoms with Gasteiger partial charge in [0, 0.05) is 25.7 Å². The van der Waals surface area contributed by atoms with Crippen molar-refractivity contribution in [1.29, 1.82) is 0 Å². The van der Waals surface area contributed by atoms with Gasteiger partial charge in [-0.05, 0) is 19.1 Å². The Bertz CT molecular complexity index is 554. The van der Waals surface area contributed by atoms with Crippen molar-refractivity contribution in [1.82, 2.24) is 9.62 Å². The van der Waals surface area contributed by atoms with E-state index >= 15 is 0 Å². The van der Waals surface area contributed by atoms with Crippen LogP contribution in [0.1, 0.15) is 6.92 Å². The van der Waals surface area contributed by atoms with Crippen molar-refractivity contribution >= 4 is 34.0 Å². The van der Waals surface area contributed by atoms with Crippen molar-refractivity contribution in [3.8, 4) is 0 Å². The second kappa shape index (κ2) is 6.37. The van der Waals surface area contributed by atoms with Crippen molar-refractivity contribution in [3.63, 3.8) is 0 Å². The van der Waals surface area contributed by atoms with E-state index in [9.17, 15) is 12.8 Å². The molecule has 1 aliphatic heterocycles. The van der Waals surface area contributed by atoms with Gasteiger partial charge >= 0.3 is 0 Å². The van der Waals surface area contributed by atoms with Crippen LogP contribution in [0.15, 0.2) is 23.1 Å². The van der Waals surface area contributed by atoms with E-state index in [-0.39, 0.29) is 28.4 Å². The molecule has 2 rings (SSSR count). The van der Waals surface area contributed by atoms with Gasteiger partial charge in [0.2, 0.25) is 10.0 Å². The Morgan fingerprint density at radius 1 is 1.47 bits per heavy atom. The fraction of sp³-hybridized carbons (Fsp3) is 0.455. The molecule has 1 saturated heterocycles. The summed E-state index contributed by atoms with van der Waals surface area (Å²) in [6, 6.07) is 4.06. The predicted molar refractivity (Wildman–Crippen MR) is 74.9 cm³/mol. The standard InChI is InChI=1S/C11H14ClFN2O2S.ClH/c1-8-7-15(6-5-14-8)18(16,17)10-4-2-3-9(12)11(10)13;/h2-4,8,14H,5-7H2,1H3;1H. The minimum atomic E-state index is -3.81. The van der Waals surface area contributed by atoms with Crippen LogP contribution in [0.4, 0.5) is 4.39 Å². The van der Waals surface area contributed by atoms with E-state index in [4.69, 9.17) is 11.6 Å². The lowest BCUT2D eigenvalue weighted by Crippen LogP contribution is -2.51. The van der Waals surface area contributed by atoms with Crippen molar-refractivity contribution < 1.29 is 12.8 Å². The summed E-state index contributed by atoms with van der Waals surface area (Å²) in [5.41, 5.74) is 0. The maximum atomic E-state index is 13.8. The summed E-state index contributed by atoms with van der Waals surface area (Å²) in [5, 5.41) is 2.95. The maximum absolute atomic E-state index is 13.8. The number of piperazine rings is 1. The van der Waals surface area contributed by atoms with Crippen LogP contribution in [0, 0.1) is 5.82 Å². The largest absolute Gasteiger partial charge is 0.312 e. The molecule has 0 aromatic heterocycles. The minimum absolute atomic E-state index is 0. The van der Waals surface area contributed by atoms with E-state index in [1.807, 2.05) is 6.92 Å². The first kappa shape index (κ1) is 16.7. The van der Waals surface area contributed by atoms with Gasteiger partial charge in [-0.2, -0.15) is 4.31 Å². The van der Waals surface area contributed by atoms with Gasteiger partial charge in [0.05, 0.1) is 5.02 Å². The zero-order valence-corrected chi connectivity index (χ0v) is 12.7. The molecule has 0 saturated carbocycles. The van der Waals surface area contributed by atoms with E-state index in [1.165, 1.54) is 22.5 Å². The summed E-state index contributed by atoms with van der Waals surface area (Å²) in [5.74, 6) is -0.884. The van der Waals surface area contributed by atoms with Crippen LogP contribution in [-0.4, -0.2) is 38.4 Å². The molecule has 0 aliphatic carbocycles. The molecule has 1 aromatic rings. The average molecular weight is 329 g/mol. The molecule has 1 aliphatic rings. The monoisotopic (exact) mass is 328 g/mol. The first-order valence-corrected chi connectivity index (χ1v) is 7.42.